The zero-order valence-electron chi connectivity index (χ0n) is 20.0. The molecule has 3 rings (SSSR count). The van der Waals surface area contributed by atoms with E-state index in [1.807, 2.05) is 39.8 Å². The van der Waals surface area contributed by atoms with Gasteiger partial charge >= 0.3 is 7.12 Å². The number of thiol groups is 1. The van der Waals surface area contributed by atoms with Gasteiger partial charge in [0.15, 0.2) is 0 Å². The lowest BCUT2D eigenvalue weighted by atomic mass is 9.77. The van der Waals surface area contributed by atoms with Crippen molar-refractivity contribution in [2.24, 2.45) is 0 Å². The minimum Gasteiger partial charge on any atom is -0.439 e. The van der Waals surface area contributed by atoms with Gasteiger partial charge in [-0.05, 0) is 45.9 Å². The number of carbonyl (C=O) groups is 2. The van der Waals surface area contributed by atoms with Crippen molar-refractivity contribution in [1.29, 1.82) is 0 Å². The van der Waals surface area contributed by atoms with Gasteiger partial charge in [-0.2, -0.15) is 0 Å². The number of nitrogens with zero attached hydrogens (tertiary/aromatic N) is 2. The Morgan fingerprint density at radius 3 is 2.27 bits per heavy atom. The van der Waals surface area contributed by atoms with Crippen LogP contribution in [-0.2, 0) is 14.1 Å². The summed E-state index contributed by atoms with van der Waals surface area (Å²) in [5.41, 5.74) is 1.33. The maximum atomic E-state index is 12.9. The minimum absolute atomic E-state index is 0.292. The van der Waals surface area contributed by atoms with Crippen LogP contribution in [0.15, 0.2) is 41.0 Å². The molecule has 0 unspecified atom stereocenters. The molecule has 8 nitrogen and oxygen atoms in total. The van der Waals surface area contributed by atoms with E-state index in [9.17, 15) is 9.59 Å². The number of amides is 1. The number of hydrogen-bond acceptors (Lipinski definition) is 8. The number of benzene rings is 1. The Labute approximate surface area is 200 Å². The number of furan rings is 1. The molecule has 1 N–H and O–H groups in total. The van der Waals surface area contributed by atoms with Gasteiger partial charge in [0.2, 0.25) is 5.88 Å². The summed E-state index contributed by atoms with van der Waals surface area (Å²) in [6.45, 7) is 7.95. The third-order valence-electron chi connectivity index (χ3n) is 6.06. The van der Waals surface area contributed by atoms with Crippen LogP contribution in [0.5, 0.6) is 0 Å². The topological polar surface area (TPSA) is 84.3 Å². The predicted octanol–water partition coefficient (Wildman–Crippen LogP) is 3.08. The Morgan fingerprint density at radius 1 is 1.09 bits per heavy atom. The summed E-state index contributed by atoms with van der Waals surface area (Å²) in [6, 6.07) is 3.68. The lowest BCUT2D eigenvalue weighted by molar-refractivity contribution is -0.104. The summed E-state index contributed by atoms with van der Waals surface area (Å²) in [5, 5.41) is 3.31. The number of fused-ring (bicyclic) bond motifs is 1. The van der Waals surface area contributed by atoms with Crippen molar-refractivity contribution in [3.05, 3.63) is 42.1 Å². The van der Waals surface area contributed by atoms with E-state index in [2.05, 4.69) is 18.1 Å². The first-order valence-electron chi connectivity index (χ1n) is 10.6. The fraction of sp³-hybridized carbons (Fsp3) is 0.391. The minimum atomic E-state index is -0.647. The van der Waals surface area contributed by atoms with Gasteiger partial charge in [-0.25, -0.2) is 0 Å². The van der Waals surface area contributed by atoms with Gasteiger partial charge in [0, 0.05) is 49.9 Å². The van der Waals surface area contributed by atoms with E-state index in [4.69, 9.17) is 13.7 Å². The summed E-state index contributed by atoms with van der Waals surface area (Å²) in [4.78, 5) is 25.0. The number of nitrogens with one attached hydrogen (secondary N) is 1. The molecule has 2 heterocycles. The van der Waals surface area contributed by atoms with Gasteiger partial charge in [-0.15, -0.1) is 0 Å². The Hall–Kier alpha value is -2.69. The summed E-state index contributed by atoms with van der Waals surface area (Å²) < 4.78 is 20.3. The van der Waals surface area contributed by atoms with Gasteiger partial charge in [-0.3, -0.25) is 9.59 Å². The van der Waals surface area contributed by atoms with Crippen LogP contribution in [-0.4, -0.2) is 51.7 Å². The number of anilines is 2. The lowest BCUT2D eigenvalue weighted by Gasteiger charge is -2.32. The second-order valence-electron chi connectivity index (χ2n) is 8.85. The molecule has 176 valence electrons. The molecule has 33 heavy (non-hydrogen) atoms. The monoisotopic (exact) mass is 471 g/mol. The molecular formula is C23H30BN3O5S. The first-order chi connectivity index (χ1) is 15.4. The Morgan fingerprint density at radius 2 is 1.73 bits per heavy atom. The highest BCUT2D eigenvalue weighted by atomic mass is 32.1. The summed E-state index contributed by atoms with van der Waals surface area (Å²) in [6.07, 6.45) is 7.03. The third-order valence-corrected chi connectivity index (χ3v) is 6.27. The zero-order chi connectivity index (χ0) is 24.6. The van der Waals surface area contributed by atoms with Gasteiger partial charge in [-0.1, -0.05) is 18.9 Å². The molecule has 1 aliphatic rings. The first-order valence-corrected chi connectivity index (χ1v) is 11.0. The van der Waals surface area contributed by atoms with E-state index in [0.717, 1.165) is 11.2 Å². The molecule has 0 spiro atoms. The van der Waals surface area contributed by atoms with Gasteiger partial charge in [0.1, 0.15) is 17.4 Å². The fourth-order valence-corrected chi connectivity index (χ4v) is 3.70. The standard InChI is InChI=1S/C23H30BN3O5S/c1-22(2)23(3,4)32-24(31-22)16-13-15-18(14-17(16)27(7)33)30-21(19(15)20(29)25-5)26(6)11-9-8-10-12-28/h8-14,33H,1-7H3,(H,25,29)/b10-8-,11-9-. The van der Waals surface area contributed by atoms with Crippen LogP contribution in [0.3, 0.4) is 0 Å². The van der Waals surface area contributed by atoms with E-state index < -0.39 is 18.3 Å². The second-order valence-corrected chi connectivity index (χ2v) is 9.45. The molecule has 1 aliphatic heterocycles. The van der Waals surface area contributed by atoms with E-state index in [1.165, 1.54) is 6.08 Å². The first kappa shape index (κ1) is 24.9. The zero-order valence-corrected chi connectivity index (χ0v) is 20.9. The molecule has 0 atom stereocenters. The number of aldehydes is 1. The highest BCUT2D eigenvalue weighted by molar-refractivity contribution is 7.81. The average molecular weight is 471 g/mol. The molecule has 10 heteroatoms. The number of allylic oxidation sites excluding steroid dienone is 3. The molecule has 1 fully saturated rings. The molecule has 0 aliphatic carbocycles. The van der Waals surface area contributed by atoms with Crippen molar-refractivity contribution in [2.45, 2.75) is 38.9 Å². The van der Waals surface area contributed by atoms with Crippen LogP contribution in [0.1, 0.15) is 38.1 Å². The van der Waals surface area contributed by atoms with Crippen molar-refractivity contribution in [2.75, 3.05) is 30.3 Å². The molecule has 0 saturated carbocycles. The van der Waals surface area contributed by atoms with Crippen molar-refractivity contribution in [3.8, 4) is 0 Å². The maximum absolute atomic E-state index is 12.9. The quantitative estimate of drug-likeness (QED) is 0.211. The van der Waals surface area contributed by atoms with E-state index in [-0.39, 0.29) is 5.91 Å². The van der Waals surface area contributed by atoms with E-state index in [1.54, 1.807) is 48.7 Å². The molecule has 2 aromatic rings. The highest BCUT2D eigenvalue weighted by Gasteiger charge is 2.52. The molecule has 1 amide bonds. The molecule has 1 aromatic heterocycles. The van der Waals surface area contributed by atoms with E-state index >= 15 is 0 Å². The van der Waals surface area contributed by atoms with Crippen LogP contribution >= 0.6 is 12.8 Å². The van der Waals surface area contributed by atoms with Crippen molar-refractivity contribution < 1.29 is 23.3 Å². The van der Waals surface area contributed by atoms with Crippen LogP contribution in [0.4, 0.5) is 11.6 Å². The summed E-state index contributed by atoms with van der Waals surface area (Å²) in [7, 11) is 4.48. The molecule has 0 bridgehead atoms. The average Bonchev–Trinajstić information content (AvgIpc) is 3.22. The Kier molecular flexibility index (Phi) is 7.02. The van der Waals surface area contributed by atoms with Crippen LogP contribution in [0, 0.1) is 0 Å². The summed E-state index contributed by atoms with van der Waals surface area (Å²) in [5.74, 6) is 0.0678. The molecule has 1 aromatic carbocycles. The lowest BCUT2D eigenvalue weighted by Crippen LogP contribution is -2.41. The van der Waals surface area contributed by atoms with Gasteiger partial charge in [0.25, 0.3) is 5.91 Å². The number of hydrogen-bond donors (Lipinski definition) is 2. The Balaban J connectivity index is 2.19. The van der Waals surface area contributed by atoms with Crippen LogP contribution in [0.2, 0.25) is 0 Å². The fourth-order valence-electron chi connectivity index (χ4n) is 3.52. The van der Waals surface area contributed by atoms with Crippen molar-refractivity contribution in [1.82, 2.24) is 5.32 Å². The maximum Gasteiger partial charge on any atom is 0.497 e. The predicted molar refractivity (Wildman–Crippen MR) is 135 cm³/mol. The smallest absolute Gasteiger partial charge is 0.439 e. The SMILES string of the molecule is CNC(=O)c1c(N(C)/C=C\C=C/C=O)oc2cc(N(C)S)c(B3OC(C)(C)C(C)(C)O3)cc12. The molecular weight excluding hydrogens is 441 g/mol. The van der Waals surface area contributed by atoms with Gasteiger partial charge < -0.3 is 28.2 Å². The van der Waals surface area contributed by atoms with Crippen LogP contribution in [0.25, 0.3) is 11.0 Å². The van der Waals surface area contributed by atoms with Crippen molar-refractivity contribution >= 4 is 60.1 Å². The largest absolute Gasteiger partial charge is 0.497 e. The van der Waals surface area contributed by atoms with Crippen molar-refractivity contribution in [3.63, 3.8) is 0 Å². The molecule has 0 radical (unpaired) electrons. The van der Waals surface area contributed by atoms with Crippen LogP contribution < -0.4 is 20.0 Å². The van der Waals surface area contributed by atoms with Gasteiger partial charge in [0.05, 0.1) is 11.2 Å². The third kappa shape index (κ3) is 4.69. The van der Waals surface area contributed by atoms with E-state index in [0.29, 0.717) is 28.7 Å². The highest BCUT2D eigenvalue weighted by Crippen LogP contribution is 2.39. The second kappa shape index (κ2) is 9.28. The Bertz CT molecular complexity index is 1110. The number of carbonyl (C=O) groups excluding carboxylic acids is 2. The normalized spacial score (nSPS) is 17.3. The molecule has 1 saturated heterocycles. The summed E-state index contributed by atoms with van der Waals surface area (Å²) >= 11 is 4.50. The number of rotatable bonds is 7.